The Hall–Kier alpha value is -1.70. The molecule has 0 aromatic carbocycles. The predicted molar refractivity (Wildman–Crippen MR) is 88.6 cm³/mol. The second kappa shape index (κ2) is 7.46. The number of rotatable bonds is 4. The van der Waals surface area contributed by atoms with Crippen molar-refractivity contribution in [3.63, 3.8) is 0 Å². The lowest BCUT2D eigenvalue weighted by atomic mass is 9.89. The van der Waals surface area contributed by atoms with Gasteiger partial charge in [0.2, 0.25) is 0 Å². The number of H-pyrrole nitrogens is 1. The van der Waals surface area contributed by atoms with Crippen molar-refractivity contribution in [1.82, 2.24) is 9.55 Å². The average molecular weight is 336 g/mol. The molecule has 3 rings (SSSR count). The molecule has 0 spiro atoms. The second-order valence-corrected chi connectivity index (χ2v) is 6.62. The Morgan fingerprint density at radius 2 is 2.04 bits per heavy atom. The van der Waals surface area contributed by atoms with Gasteiger partial charge in [0.05, 0.1) is 18.3 Å². The fourth-order valence-corrected chi connectivity index (χ4v) is 3.45. The Morgan fingerprint density at radius 1 is 1.29 bits per heavy atom. The molecule has 2 fully saturated rings. The van der Waals surface area contributed by atoms with E-state index in [4.69, 9.17) is 9.84 Å². The lowest BCUT2D eigenvalue weighted by Gasteiger charge is -2.18. The van der Waals surface area contributed by atoms with Crippen LogP contribution in [-0.4, -0.2) is 38.6 Å². The zero-order valence-electron chi connectivity index (χ0n) is 13.6. The van der Waals surface area contributed by atoms with Crippen molar-refractivity contribution >= 4 is 6.08 Å². The maximum atomic E-state index is 12.0. The molecule has 1 saturated carbocycles. The van der Waals surface area contributed by atoms with E-state index in [0.29, 0.717) is 11.5 Å². The third-order valence-corrected chi connectivity index (χ3v) is 4.89. The quantitative estimate of drug-likeness (QED) is 0.753. The Labute approximate surface area is 139 Å². The van der Waals surface area contributed by atoms with E-state index < -0.39 is 29.7 Å². The van der Waals surface area contributed by atoms with Crippen LogP contribution in [0.2, 0.25) is 0 Å². The topological polar surface area (TPSA) is 105 Å². The van der Waals surface area contributed by atoms with E-state index in [9.17, 15) is 14.7 Å². The van der Waals surface area contributed by atoms with E-state index in [1.165, 1.54) is 30.0 Å². The first-order chi connectivity index (χ1) is 11.6. The van der Waals surface area contributed by atoms with E-state index in [-0.39, 0.29) is 13.0 Å². The summed E-state index contributed by atoms with van der Waals surface area (Å²) in [4.78, 5) is 26.4. The molecule has 24 heavy (non-hydrogen) atoms. The molecule has 1 saturated heterocycles. The number of aromatic amines is 1. The lowest BCUT2D eigenvalue weighted by molar-refractivity contribution is -0.0459. The SMILES string of the molecule is O=c1[nH]c(=O)n([C@H]2C[C@H](O)[C@@H](CO)O2)cc1C=CC1CCCCC1. The van der Waals surface area contributed by atoms with Gasteiger partial charge in [-0.2, -0.15) is 0 Å². The van der Waals surface area contributed by atoms with Gasteiger partial charge in [0.15, 0.2) is 0 Å². The molecule has 1 aliphatic carbocycles. The minimum absolute atomic E-state index is 0.197. The van der Waals surface area contributed by atoms with Crippen LogP contribution >= 0.6 is 0 Å². The predicted octanol–water partition coefficient (Wildman–Crippen LogP) is 0.771. The molecule has 132 valence electrons. The zero-order valence-corrected chi connectivity index (χ0v) is 13.6. The van der Waals surface area contributed by atoms with Gasteiger partial charge in [-0.05, 0) is 18.8 Å². The molecule has 0 unspecified atom stereocenters. The van der Waals surface area contributed by atoms with Gasteiger partial charge in [-0.25, -0.2) is 4.79 Å². The maximum absolute atomic E-state index is 12.0. The number of allylic oxidation sites excluding steroid dienone is 1. The van der Waals surface area contributed by atoms with Gasteiger partial charge in [0.1, 0.15) is 12.3 Å². The molecule has 1 aliphatic heterocycles. The van der Waals surface area contributed by atoms with Crippen molar-refractivity contribution in [2.24, 2.45) is 5.92 Å². The Balaban J connectivity index is 1.82. The molecule has 1 aromatic rings. The van der Waals surface area contributed by atoms with Crippen molar-refractivity contribution < 1.29 is 14.9 Å². The molecule has 7 nitrogen and oxygen atoms in total. The van der Waals surface area contributed by atoms with Crippen LogP contribution in [0, 0.1) is 5.92 Å². The number of aliphatic hydroxyl groups excluding tert-OH is 2. The largest absolute Gasteiger partial charge is 0.394 e. The maximum Gasteiger partial charge on any atom is 0.330 e. The highest BCUT2D eigenvalue weighted by atomic mass is 16.5. The van der Waals surface area contributed by atoms with Crippen LogP contribution in [0.3, 0.4) is 0 Å². The molecule has 0 amide bonds. The van der Waals surface area contributed by atoms with Crippen molar-refractivity contribution in [3.8, 4) is 0 Å². The molecular weight excluding hydrogens is 312 g/mol. The Kier molecular flexibility index (Phi) is 5.33. The third-order valence-electron chi connectivity index (χ3n) is 4.89. The van der Waals surface area contributed by atoms with Gasteiger partial charge >= 0.3 is 5.69 Å². The molecule has 2 heterocycles. The molecule has 3 atom stereocenters. The van der Waals surface area contributed by atoms with E-state index in [1.54, 1.807) is 6.08 Å². The van der Waals surface area contributed by atoms with E-state index in [2.05, 4.69) is 4.98 Å². The Morgan fingerprint density at radius 3 is 2.71 bits per heavy atom. The Bertz CT molecular complexity index is 702. The van der Waals surface area contributed by atoms with Gasteiger partial charge < -0.3 is 14.9 Å². The van der Waals surface area contributed by atoms with Crippen LogP contribution in [0.4, 0.5) is 0 Å². The molecule has 1 aromatic heterocycles. The van der Waals surface area contributed by atoms with E-state index in [1.807, 2.05) is 6.08 Å². The fourth-order valence-electron chi connectivity index (χ4n) is 3.45. The number of hydrogen-bond donors (Lipinski definition) is 3. The summed E-state index contributed by atoms with van der Waals surface area (Å²) in [6, 6.07) is 0. The number of aromatic nitrogens is 2. The van der Waals surface area contributed by atoms with Crippen molar-refractivity contribution in [3.05, 3.63) is 38.7 Å². The molecule has 3 N–H and O–H groups in total. The first-order valence-electron chi connectivity index (χ1n) is 8.56. The highest BCUT2D eigenvalue weighted by molar-refractivity contribution is 5.46. The zero-order chi connectivity index (χ0) is 17.1. The highest BCUT2D eigenvalue weighted by Crippen LogP contribution is 2.28. The first kappa shape index (κ1) is 17.1. The van der Waals surface area contributed by atoms with Crippen molar-refractivity contribution in [2.45, 2.75) is 57.0 Å². The van der Waals surface area contributed by atoms with Crippen molar-refractivity contribution in [2.75, 3.05) is 6.61 Å². The summed E-state index contributed by atoms with van der Waals surface area (Å²) in [7, 11) is 0. The number of nitrogens with one attached hydrogen (secondary N) is 1. The van der Waals surface area contributed by atoms with Crippen LogP contribution in [-0.2, 0) is 4.74 Å². The minimum atomic E-state index is -0.833. The number of aliphatic hydroxyl groups is 2. The summed E-state index contributed by atoms with van der Waals surface area (Å²) in [5, 5.41) is 19.0. The summed E-state index contributed by atoms with van der Waals surface area (Å²) in [5.74, 6) is 0.474. The lowest BCUT2D eigenvalue weighted by Crippen LogP contribution is -2.33. The summed E-state index contributed by atoms with van der Waals surface area (Å²) >= 11 is 0. The standard InChI is InChI=1S/C17H24N2O5/c20-10-14-13(21)8-15(24-14)19-9-12(16(22)18-17(19)23)7-6-11-4-2-1-3-5-11/h6-7,9,11,13-15,20-21H,1-5,8,10H2,(H,18,22,23)/t13-,14+,15+/m0/s1. The van der Waals surface area contributed by atoms with Gasteiger partial charge in [0, 0.05) is 12.6 Å². The molecule has 0 radical (unpaired) electrons. The number of ether oxygens (including phenoxy) is 1. The minimum Gasteiger partial charge on any atom is -0.394 e. The van der Waals surface area contributed by atoms with Crippen molar-refractivity contribution in [1.29, 1.82) is 0 Å². The number of hydrogen-bond acceptors (Lipinski definition) is 5. The van der Waals surface area contributed by atoms with Crippen LogP contribution in [0.25, 0.3) is 6.08 Å². The van der Waals surface area contributed by atoms with Gasteiger partial charge in [-0.15, -0.1) is 0 Å². The summed E-state index contributed by atoms with van der Waals surface area (Å²) in [6.07, 6.45) is 9.18. The molecular formula is C17H24N2O5. The smallest absolute Gasteiger partial charge is 0.330 e. The summed E-state index contributed by atoms with van der Waals surface area (Å²) < 4.78 is 6.77. The van der Waals surface area contributed by atoms with E-state index >= 15 is 0 Å². The molecule has 0 bridgehead atoms. The third kappa shape index (κ3) is 3.68. The van der Waals surface area contributed by atoms with Gasteiger partial charge in [0.25, 0.3) is 5.56 Å². The number of nitrogens with zero attached hydrogens (tertiary/aromatic N) is 1. The van der Waals surface area contributed by atoms with Crippen LogP contribution in [0.1, 0.15) is 50.3 Å². The normalized spacial score (nSPS) is 28.7. The van der Waals surface area contributed by atoms with Gasteiger partial charge in [-0.3, -0.25) is 14.3 Å². The first-order valence-corrected chi connectivity index (χ1v) is 8.56. The monoisotopic (exact) mass is 336 g/mol. The van der Waals surface area contributed by atoms with Gasteiger partial charge in [-0.1, -0.05) is 31.4 Å². The fraction of sp³-hybridized carbons (Fsp3) is 0.647. The summed E-state index contributed by atoms with van der Waals surface area (Å²) in [6.45, 7) is -0.315. The van der Waals surface area contributed by atoms with Crippen LogP contribution in [0.15, 0.2) is 21.9 Å². The second-order valence-electron chi connectivity index (χ2n) is 6.62. The molecule has 2 aliphatic rings. The van der Waals surface area contributed by atoms with E-state index in [0.717, 1.165) is 12.8 Å². The van der Waals surface area contributed by atoms with Crippen LogP contribution in [0.5, 0.6) is 0 Å². The molecule has 7 heteroatoms. The highest BCUT2D eigenvalue weighted by Gasteiger charge is 2.35. The summed E-state index contributed by atoms with van der Waals surface area (Å²) in [5.41, 5.74) is -0.614. The van der Waals surface area contributed by atoms with Crippen LogP contribution < -0.4 is 11.2 Å². The average Bonchev–Trinajstić information content (AvgIpc) is 2.95.